The SMILES string of the molecule is CCCNC(C)(CO)CC(C)N1CCC(CC)(CC)CC1. The molecular formula is C18H38N2O. The molecule has 126 valence electrons. The molecule has 0 bridgehead atoms. The third-order valence-corrected chi connectivity index (χ3v) is 5.88. The fourth-order valence-corrected chi connectivity index (χ4v) is 3.80. The van der Waals surface area contributed by atoms with E-state index < -0.39 is 0 Å². The van der Waals surface area contributed by atoms with Gasteiger partial charge in [-0.15, -0.1) is 0 Å². The minimum absolute atomic E-state index is 0.139. The molecule has 0 radical (unpaired) electrons. The molecule has 0 spiro atoms. The van der Waals surface area contributed by atoms with Crippen LogP contribution in [0.2, 0.25) is 0 Å². The smallest absolute Gasteiger partial charge is 0.0611 e. The van der Waals surface area contributed by atoms with Crippen molar-refractivity contribution in [2.45, 2.75) is 84.7 Å². The molecule has 1 aliphatic heterocycles. The van der Waals surface area contributed by atoms with Gasteiger partial charge in [0, 0.05) is 11.6 Å². The lowest BCUT2D eigenvalue weighted by molar-refractivity contribution is 0.0506. The Morgan fingerprint density at radius 3 is 2.19 bits per heavy atom. The Morgan fingerprint density at radius 1 is 1.19 bits per heavy atom. The molecule has 1 rings (SSSR count). The number of likely N-dealkylation sites (tertiary alicyclic amines) is 1. The second kappa shape index (κ2) is 8.50. The zero-order valence-electron chi connectivity index (χ0n) is 15.0. The monoisotopic (exact) mass is 298 g/mol. The average molecular weight is 299 g/mol. The molecule has 0 aromatic carbocycles. The van der Waals surface area contributed by atoms with Crippen LogP contribution in [0.4, 0.5) is 0 Å². The van der Waals surface area contributed by atoms with Gasteiger partial charge in [-0.2, -0.15) is 0 Å². The predicted octanol–water partition coefficient (Wildman–Crippen LogP) is 3.42. The number of aliphatic hydroxyl groups is 1. The van der Waals surface area contributed by atoms with Crippen molar-refractivity contribution in [1.82, 2.24) is 10.2 Å². The summed E-state index contributed by atoms with van der Waals surface area (Å²) >= 11 is 0. The fraction of sp³-hybridized carbons (Fsp3) is 1.00. The molecule has 1 heterocycles. The zero-order chi connectivity index (χ0) is 15.9. The van der Waals surface area contributed by atoms with Gasteiger partial charge in [0.15, 0.2) is 0 Å². The summed E-state index contributed by atoms with van der Waals surface area (Å²) in [6, 6.07) is 0.540. The van der Waals surface area contributed by atoms with Crippen molar-refractivity contribution >= 4 is 0 Å². The first-order valence-corrected chi connectivity index (χ1v) is 9.04. The summed E-state index contributed by atoms with van der Waals surface area (Å²) in [5.41, 5.74) is 0.455. The van der Waals surface area contributed by atoms with Crippen LogP contribution < -0.4 is 5.32 Å². The molecule has 0 aromatic rings. The van der Waals surface area contributed by atoms with Gasteiger partial charge in [-0.1, -0.05) is 33.6 Å². The first-order chi connectivity index (χ1) is 9.94. The Balaban J connectivity index is 2.51. The Morgan fingerprint density at radius 2 is 1.76 bits per heavy atom. The maximum absolute atomic E-state index is 9.74. The number of rotatable bonds is 9. The highest BCUT2D eigenvalue weighted by atomic mass is 16.3. The second-order valence-corrected chi connectivity index (χ2v) is 7.44. The highest BCUT2D eigenvalue weighted by Gasteiger charge is 2.34. The van der Waals surface area contributed by atoms with Crippen LogP contribution >= 0.6 is 0 Å². The van der Waals surface area contributed by atoms with Crippen LogP contribution in [0.3, 0.4) is 0 Å². The minimum Gasteiger partial charge on any atom is -0.394 e. The topological polar surface area (TPSA) is 35.5 Å². The van der Waals surface area contributed by atoms with Crippen LogP contribution in [0.15, 0.2) is 0 Å². The second-order valence-electron chi connectivity index (χ2n) is 7.44. The largest absolute Gasteiger partial charge is 0.394 e. The van der Waals surface area contributed by atoms with E-state index >= 15 is 0 Å². The Kier molecular flexibility index (Phi) is 7.66. The first-order valence-electron chi connectivity index (χ1n) is 9.04. The van der Waals surface area contributed by atoms with E-state index in [9.17, 15) is 5.11 Å². The number of nitrogens with one attached hydrogen (secondary N) is 1. The quantitative estimate of drug-likeness (QED) is 0.684. The predicted molar refractivity (Wildman–Crippen MR) is 91.7 cm³/mol. The molecule has 1 aliphatic rings. The van der Waals surface area contributed by atoms with Crippen molar-refractivity contribution in [2.75, 3.05) is 26.2 Å². The van der Waals surface area contributed by atoms with Crippen LogP contribution in [-0.4, -0.2) is 47.8 Å². The molecular weight excluding hydrogens is 260 g/mol. The first kappa shape index (κ1) is 18.9. The molecule has 1 fully saturated rings. The van der Waals surface area contributed by atoms with Crippen molar-refractivity contribution in [1.29, 1.82) is 0 Å². The zero-order valence-corrected chi connectivity index (χ0v) is 15.0. The van der Waals surface area contributed by atoms with Crippen molar-refractivity contribution in [2.24, 2.45) is 5.41 Å². The number of aliphatic hydroxyl groups excluding tert-OH is 1. The molecule has 2 atom stereocenters. The number of nitrogens with zero attached hydrogens (tertiary/aromatic N) is 1. The lowest BCUT2D eigenvalue weighted by Gasteiger charge is -2.45. The van der Waals surface area contributed by atoms with E-state index in [1.54, 1.807) is 0 Å². The Labute approximate surface area is 132 Å². The normalized spacial score (nSPS) is 23.7. The van der Waals surface area contributed by atoms with Crippen LogP contribution in [0, 0.1) is 5.41 Å². The molecule has 3 nitrogen and oxygen atoms in total. The third kappa shape index (κ3) is 5.22. The van der Waals surface area contributed by atoms with E-state index in [1.165, 1.54) is 38.8 Å². The maximum Gasteiger partial charge on any atom is 0.0611 e. The highest BCUT2D eigenvalue weighted by molar-refractivity contribution is 4.90. The van der Waals surface area contributed by atoms with E-state index in [1.807, 2.05) is 0 Å². The Bertz CT molecular complexity index is 281. The van der Waals surface area contributed by atoms with Gasteiger partial charge in [0.1, 0.15) is 0 Å². The van der Waals surface area contributed by atoms with Gasteiger partial charge in [0.2, 0.25) is 0 Å². The number of hydrogen-bond acceptors (Lipinski definition) is 3. The van der Waals surface area contributed by atoms with Gasteiger partial charge < -0.3 is 15.3 Å². The summed E-state index contributed by atoms with van der Waals surface area (Å²) in [6.07, 6.45) is 7.44. The van der Waals surface area contributed by atoms with E-state index in [0.717, 1.165) is 19.4 Å². The van der Waals surface area contributed by atoms with Crippen molar-refractivity contribution in [3.8, 4) is 0 Å². The molecule has 0 aliphatic carbocycles. The molecule has 2 unspecified atom stereocenters. The molecule has 0 saturated carbocycles. The van der Waals surface area contributed by atoms with Crippen molar-refractivity contribution in [3.05, 3.63) is 0 Å². The Hall–Kier alpha value is -0.120. The summed E-state index contributed by atoms with van der Waals surface area (Å²) in [4.78, 5) is 2.63. The van der Waals surface area contributed by atoms with Crippen molar-refractivity contribution < 1.29 is 5.11 Å². The molecule has 0 amide bonds. The third-order valence-electron chi connectivity index (χ3n) is 5.88. The maximum atomic E-state index is 9.74. The van der Waals surface area contributed by atoms with Gasteiger partial charge >= 0.3 is 0 Å². The van der Waals surface area contributed by atoms with E-state index in [-0.39, 0.29) is 12.1 Å². The van der Waals surface area contributed by atoms with Crippen molar-refractivity contribution in [3.63, 3.8) is 0 Å². The summed E-state index contributed by atoms with van der Waals surface area (Å²) in [7, 11) is 0. The van der Waals surface area contributed by atoms with Crippen LogP contribution in [0.5, 0.6) is 0 Å². The van der Waals surface area contributed by atoms with Crippen LogP contribution in [0.1, 0.15) is 73.1 Å². The molecule has 21 heavy (non-hydrogen) atoms. The highest BCUT2D eigenvalue weighted by Crippen LogP contribution is 2.38. The van der Waals surface area contributed by atoms with Gasteiger partial charge in [-0.05, 0) is 64.6 Å². The number of hydrogen-bond donors (Lipinski definition) is 2. The average Bonchev–Trinajstić information content (AvgIpc) is 2.53. The summed E-state index contributed by atoms with van der Waals surface area (Å²) in [6.45, 7) is 15.0. The van der Waals surface area contributed by atoms with Gasteiger partial charge in [-0.25, -0.2) is 0 Å². The summed E-state index contributed by atoms with van der Waals surface area (Å²) < 4.78 is 0. The lowest BCUT2D eigenvalue weighted by atomic mass is 9.74. The lowest BCUT2D eigenvalue weighted by Crippen LogP contribution is -2.52. The molecule has 3 heteroatoms. The van der Waals surface area contributed by atoms with Gasteiger partial charge in [0.05, 0.1) is 6.61 Å². The van der Waals surface area contributed by atoms with E-state index in [2.05, 4.69) is 44.8 Å². The standard InChI is InChI=1S/C18H38N2O/c1-6-11-19-17(5,15-21)14-16(4)20-12-9-18(7-2,8-3)10-13-20/h16,19,21H,6-15H2,1-5H3. The van der Waals surface area contributed by atoms with Gasteiger partial charge in [0.25, 0.3) is 0 Å². The van der Waals surface area contributed by atoms with Gasteiger partial charge in [-0.3, -0.25) is 0 Å². The van der Waals surface area contributed by atoms with E-state index in [4.69, 9.17) is 0 Å². The summed E-state index contributed by atoms with van der Waals surface area (Å²) in [5, 5.41) is 13.3. The number of piperidine rings is 1. The van der Waals surface area contributed by atoms with E-state index in [0.29, 0.717) is 11.5 Å². The summed E-state index contributed by atoms with van der Waals surface area (Å²) in [5.74, 6) is 0. The van der Waals surface area contributed by atoms with Crippen LogP contribution in [0.25, 0.3) is 0 Å². The van der Waals surface area contributed by atoms with Crippen LogP contribution in [-0.2, 0) is 0 Å². The molecule has 0 aromatic heterocycles. The molecule has 2 N–H and O–H groups in total. The molecule has 1 saturated heterocycles. The fourth-order valence-electron chi connectivity index (χ4n) is 3.80. The minimum atomic E-state index is -0.139.